The summed E-state index contributed by atoms with van der Waals surface area (Å²) in [5.41, 5.74) is 4.48. The third kappa shape index (κ3) is 3.24. The molecule has 0 radical (unpaired) electrons. The van der Waals surface area contributed by atoms with E-state index in [0.717, 1.165) is 27.9 Å². The molecule has 0 aliphatic rings. The molecule has 5 heteroatoms. The van der Waals surface area contributed by atoms with Crippen molar-refractivity contribution in [3.05, 3.63) is 52.7 Å². The highest BCUT2D eigenvalue weighted by molar-refractivity contribution is 7.15. The molecule has 0 spiro atoms. The molecule has 2 aromatic heterocycles. The SMILES string of the molecule is COC(=O)Cc1csc2cc(-c3cccc(C(C)(C)C)c3)c(C=O)n12. The Morgan fingerprint density at radius 3 is 2.68 bits per heavy atom. The van der Waals surface area contributed by atoms with Crippen LogP contribution in [-0.4, -0.2) is 23.8 Å². The van der Waals surface area contributed by atoms with E-state index in [9.17, 15) is 9.59 Å². The van der Waals surface area contributed by atoms with Gasteiger partial charge in [0.05, 0.1) is 19.2 Å². The van der Waals surface area contributed by atoms with E-state index in [2.05, 4.69) is 32.9 Å². The summed E-state index contributed by atoms with van der Waals surface area (Å²) in [6.45, 7) is 6.50. The lowest BCUT2D eigenvalue weighted by molar-refractivity contribution is -0.139. The fourth-order valence-electron chi connectivity index (χ4n) is 2.91. The normalized spacial score (nSPS) is 11.7. The van der Waals surface area contributed by atoms with Crippen molar-refractivity contribution >= 4 is 28.4 Å². The number of esters is 1. The van der Waals surface area contributed by atoms with E-state index in [1.807, 2.05) is 28.0 Å². The van der Waals surface area contributed by atoms with Crippen LogP contribution in [-0.2, 0) is 21.4 Å². The number of hydrogen-bond donors (Lipinski definition) is 0. The highest BCUT2D eigenvalue weighted by atomic mass is 32.1. The lowest BCUT2D eigenvalue weighted by atomic mass is 9.85. The first-order chi connectivity index (χ1) is 11.8. The number of ether oxygens (including phenoxy) is 1. The Kier molecular flexibility index (Phi) is 4.52. The second kappa shape index (κ2) is 6.48. The van der Waals surface area contributed by atoms with Crippen molar-refractivity contribution < 1.29 is 14.3 Å². The minimum absolute atomic E-state index is 0.0323. The smallest absolute Gasteiger partial charge is 0.311 e. The summed E-state index contributed by atoms with van der Waals surface area (Å²) >= 11 is 1.52. The summed E-state index contributed by atoms with van der Waals surface area (Å²) in [6.07, 6.45) is 1.01. The molecular formula is C20H21NO3S. The second-order valence-electron chi connectivity index (χ2n) is 7.05. The van der Waals surface area contributed by atoms with Gasteiger partial charge in [0.1, 0.15) is 4.83 Å². The van der Waals surface area contributed by atoms with E-state index in [1.165, 1.54) is 24.0 Å². The van der Waals surface area contributed by atoms with Crippen molar-refractivity contribution in [3.63, 3.8) is 0 Å². The number of fused-ring (bicyclic) bond motifs is 1. The fraction of sp³-hybridized carbons (Fsp3) is 0.300. The summed E-state index contributed by atoms with van der Waals surface area (Å²) in [5.74, 6) is -0.318. The first-order valence-electron chi connectivity index (χ1n) is 8.10. The van der Waals surface area contributed by atoms with Gasteiger partial charge in [-0.25, -0.2) is 0 Å². The van der Waals surface area contributed by atoms with Gasteiger partial charge in [0, 0.05) is 16.6 Å². The Balaban J connectivity index is 2.15. The van der Waals surface area contributed by atoms with E-state index in [4.69, 9.17) is 4.74 Å². The van der Waals surface area contributed by atoms with Crippen LogP contribution in [0.15, 0.2) is 35.7 Å². The topological polar surface area (TPSA) is 47.8 Å². The molecule has 0 aliphatic carbocycles. The van der Waals surface area contributed by atoms with Gasteiger partial charge in [-0.3, -0.25) is 9.59 Å². The molecule has 0 bridgehead atoms. The Morgan fingerprint density at radius 1 is 1.28 bits per heavy atom. The van der Waals surface area contributed by atoms with Crippen LogP contribution in [0.3, 0.4) is 0 Å². The highest BCUT2D eigenvalue weighted by Crippen LogP contribution is 2.33. The fourth-order valence-corrected chi connectivity index (χ4v) is 3.86. The molecule has 0 N–H and O–H groups in total. The van der Waals surface area contributed by atoms with Gasteiger partial charge in [0.15, 0.2) is 6.29 Å². The molecule has 3 rings (SSSR count). The summed E-state index contributed by atoms with van der Waals surface area (Å²) < 4.78 is 6.61. The minimum Gasteiger partial charge on any atom is -0.469 e. The van der Waals surface area contributed by atoms with E-state index in [1.54, 1.807) is 0 Å². The third-order valence-electron chi connectivity index (χ3n) is 4.31. The molecular weight excluding hydrogens is 334 g/mol. The number of aldehydes is 1. The number of benzene rings is 1. The zero-order valence-electron chi connectivity index (χ0n) is 14.8. The Hall–Kier alpha value is -2.40. The molecule has 130 valence electrons. The molecule has 3 aromatic rings. The van der Waals surface area contributed by atoms with E-state index < -0.39 is 0 Å². The molecule has 0 unspecified atom stereocenters. The van der Waals surface area contributed by atoms with Crippen LogP contribution in [0.2, 0.25) is 0 Å². The van der Waals surface area contributed by atoms with E-state index in [0.29, 0.717) is 5.69 Å². The van der Waals surface area contributed by atoms with Crippen molar-refractivity contribution in [2.24, 2.45) is 0 Å². The molecule has 4 nitrogen and oxygen atoms in total. The minimum atomic E-state index is -0.318. The van der Waals surface area contributed by atoms with Crippen LogP contribution < -0.4 is 0 Å². The lowest BCUT2D eigenvalue weighted by Gasteiger charge is -2.19. The third-order valence-corrected chi connectivity index (χ3v) is 5.24. The predicted molar refractivity (Wildman–Crippen MR) is 101 cm³/mol. The van der Waals surface area contributed by atoms with Crippen molar-refractivity contribution in [1.82, 2.24) is 4.40 Å². The van der Waals surface area contributed by atoms with Crippen molar-refractivity contribution in [2.45, 2.75) is 32.6 Å². The van der Waals surface area contributed by atoms with Crippen molar-refractivity contribution in [1.29, 1.82) is 0 Å². The average Bonchev–Trinajstić information content (AvgIpc) is 3.13. The Bertz CT molecular complexity index is 944. The van der Waals surface area contributed by atoms with Gasteiger partial charge < -0.3 is 9.14 Å². The van der Waals surface area contributed by atoms with Gasteiger partial charge in [0.25, 0.3) is 0 Å². The van der Waals surface area contributed by atoms with Crippen molar-refractivity contribution in [2.75, 3.05) is 7.11 Å². The quantitative estimate of drug-likeness (QED) is 0.512. The number of thiazole rings is 1. The maximum atomic E-state index is 11.8. The number of hydrogen-bond acceptors (Lipinski definition) is 4. The maximum absolute atomic E-state index is 11.8. The molecule has 2 heterocycles. The standard InChI is InChI=1S/C20H21NO3S/c1-20(2,3)14-7-5-6-13(8-14)16-10-18-21(17(16)11-22)15(12-25-18)9-19(23)24-4/h5-8,10-12H,9H2,1-4H3. The number of aromatic nitrogens is 1. The summed E-state index contributed by atoms with van der Waals surface area (Å²) in [6, 6.07) is 10.3. The molecule has 0 fully saturated rings. The number of carbonyl (C=O) groups excluding carboxylic acids is 2. The lowest BCUT2D eigenvalue weighted by Crippen LogP contribution is -2.10. The van der Waals surface area contributed by atoms with Gasteiger partial charge in [-0.15, -0.1) is 11.3 Å². The van der Waals surface area contributed by atoms with Gasteiger partial charge in [-0.2, -0.15) is 0 Å². The molecule has 0 saturated carbocycles. The Morgan fingerprint density at radius 2 is 2.04 bits per heavy atom. The van der Waals surface area contributed by atoms with Crippen LogP contribution in [0.4, 0.5) is 0 Å². The number of rotatable bonds is 4. The van der Waals surface area contributed by atoms with E-state index >= 15 is 0 Å². The van der Waals surface area contributed by atoms with Crippen LogP contribution >= 0.6 is 11.3 Å². The van der Waals surface area contributed by atoms with Gasteiger partial charge in [-0.05, 0) is 22.6 Å². The Labute approximate surface area is 151 Å². The number of methoxy groups -OCH3 is 1. The van der Waals surface area contributed by atoms with Crippen molar-refractivity contribution in [3.8, 4) is 11.1 Å². The maximum Gasteiger partial charge on any atom is 0.311 e. The molecule has 0 saturated heterocycles. The largest absolute Gasteiger partial charge is 0.469 e. The van der Waals surface area contributed by atoms with Crippen LogP contribution in [0, 0.1) is 0 Å². The highest BCUT2D eigenvalue weighted by Gasteiger charge is 2.19. The van der Waals surface area contributed by atoms with Gasteiger partial charge >= 0.3 is 5.97 Å². The molecule has 1 aromatic carbocycles. The molecule has 0 atom stereocenters. The predicted octanol–water partition coefficient (Wildman–Crippen LogP) is 4.49. The zero-order valence-corrected chi connectivity index (χ0v) is 15.6. The summed E-state index contributed by atoms with van der Waals surface area (Å²) in [4.78, 5) is 24.4. The monoisotopic (exact) mass is 355 g/mol. The summed E-state index contributed by atoms with van der Waals surface area (Å²) in [7, 11) is 1.37. The van der Waals surface area contributed by atoms with Crippen LogP contribution in [0.25, 0.3) is 16.0 Å². The van der Waals surface area contributed by atoms with Gasteiger partial charge in [0.2, 0.25) is 0 Å². The van der Waals surface area contributed by atoms with E-state index in [-0.39, 0.29) is 17.8 Å². The second-order valence-corrected chi connectivity index (χ2v) is 7.94. The molecule has 0 amide bonds. The number of carbonyl (C=O) groups is 2. The summed E-state index contributed by atoms with van der Waals surface area (Å²) in [5, 5.41) is 1.90. The number of nitrogens with zero attached hydrogens (tertiary/aromatic N) is 1. The average molecular weight is 355 g/mol. The van der Waals surface area contributed by atoms with Gasteiger partial charge in [-0.1, -0.05) is 45.0 Å². The molecule has 0 aliphatic heterocycles. The van der Waals surface area contributed by atoms with Crippen LogP contribution in [0.5, 0.6) is 0 Å². The van der Waals surface area contributed by atoms with Crippen LogP contribution in [0.1, 0.15) is 42.5 Å². The molecule has 25 heavy (non-hydrogen) atoms. The first kappa shape index (κ1) is 17.4. The first-order valence-corrected chi connectivity index (χ1v) is 8.98. The zero-order chi connectivity index (χ0) is 18.2.